The van der Waals surface area contributed by atoms with E-state index in [0.717, 1.165) is 11.4 Å². The molecule has 2 heterocycles. The average Bonchev–Trinajstić information content (AvgIpc) is 2.70. The van der Waals surface area contributed by atoms with Gasteiger partial charge in [-0.15, -0.1) is 10.2 Å². The first-order valence-corrected chi connectivity index (χ1v) is 5.11. The fourth-order valence-electron chi connectivity index (χ4n) is 1.45. The van der Waals surface area contributed by atoms with Crippen molar-refractivity contribution in [3.63, 3.8) is 0 Å². The number of H-pyrrole nitrogens is 1. The second-order valence-electron chi connectivity index (χ2n) is 4.85. The van der Waals surface area contributed by atoms with Crippen LogP contribution in [0.3, 0.4) is 0 Å². The third kappa shape index (κ3) is 1.78. The summed E-state index contributed by atoms with van der Waals surface area (Å²) in [7, 11) is 1.88. The van der Waals surface area contributed by atoms with E-state index in [1.807, 2.05) is 13.1 Å². The minimum atomic E-state index is 0.0155. The van der Waals surface area contributed by atoms with E-state index in [1.165, 1.54) is 0 Å². The van der Waals surface area contributed by atoms with E-state index in [2.05, 4.69) is 41.1 Å². The maximum Gasteiger partial charge on any atom is 0.219 e. The van der Waals surface area contributed by atoms with E-state index >= 15 is 0 Å². The molecule has 0 spiro atoms. The van der Waals surface area contributed by atoms with Crippen molar-refractivity contribution in [1.82, 2.24) is 25.0 Å². The molecule has 0 unspecified atom stereocenters. The van der Waals surface area contributed by atoms with Gasteiger partial charge in [0.15, 0.2) is 5.82 Å². The maximum atomic E-state index is 5.50. The predicted octanol–water partition coefficient (Wildman–Crippen LogP) is 1.08. The molecular weight excluding hydrogens is 204 g/mol. The fourth-order valence-corrected chi connectivity index (χ4v) is 1.45. The number of nitrogens with one attached hydrogen (secondary N) is 1. The molecular formula is C10H16N6. The highest BCUT2D eigenvalue weighted by atomic mass is 15.3. The summed E-state index contributed by atoms with van der Waals surface area (Å²) in [5.74, 6) is 0.955. The van der Waals surface area contributed by atoms with Gasteiger partial charge in [0, 0.05) is 12.5 Å². The fraction of sp³-hybridized carbons (Fsp3) is 0.500. The Labute approximate surface area is 93.9 Å². The predicted molar refractivity (Wildman–Crippen MR) is 61.7 cm³/mol. The lowest BCUT2D eigenvalue weighted by Crippen LogP contribution is -2.12. The molecule has 16 heavy (non-hydrogen) atoms. The zero-order valence-corrected chi connectivity index (χ0v) is 9.94. The van der Waals surface area contributed by atoms with Crippen molar-refractivity contribution >= 4 is 5.95 Å². The molecule has 86 valence electrons. The topological polar surface area (TPSA) is 85.4 Å². The summed E-state index contributed by atoms with van der Waals surface area (Å²) in [6.07, 6.45) is 0. The van der Waals surface area contributed by atoms with Gasteiger partial charge in [-0.2, -0.15) is 5.10 Å². The molecule has 0 aromatic carbocycles. The van der Waals surface area contributed by atoms with Crippen LogP contribution in [0.5, 0.6) is 0 Å². The highest BCUT2D eigenvalue weighted by molar-refractivity contribution is 5.52. The number of hydrogen-bond donors (Lipinski definition) is 2. The van der Waals surface area contributed by atoms with Crippen LogP contribution in [0.4, 0.5) is 5.95 Å². The number of aromatic nitrogens is 5. The van der Waals surface area contributed by atoms with Crippen LogP contribution < -0.4 is 5.73 Å². The zero-order valence-electron chi connectivity index (χ0n) is 9.94. The van der Waals surface area contributed by atoms with Gasteiger partial charge in [-0.25, -0.2) is 0 Å². The Bertz CT molecular complexity index is 502. The Morgan fingerprint density at radius 3 is 2.44 bits per heavy atom. The number of aryl methyl sites for hydroxylation is 1. The van der Waals surface area contributed by atoms with Crippen LogP contribution in [0.15, 0.2) is 6.07 Å². The molecule has 0 aliphatic heterocycles. The van der Waals surface area contributed by atoms with Crippen molar-refractivity contribution in [2.75, 3.05) is 5.73 Å². The zero-order chi connectivity index (χ0) is 11.9. The van der Waals surface area contributed by atoms with Crippen molar-refractivity contribution in [3.05, 3.63) is 11.8 Å². The van der Waals surface area contributed by atoms with Gasteiger partial charge in [0.05, 0.1) is 5.69 Å². The van der Waals surface area contributed by atoms with E-state index in [1.54, 1.807) is 4.68 Å². The number of nitrogen functional groups attached to an aromatic ring is 1. The lowest BCUT2D eigenvalue weighted by molar-refractivity contribution is 0.553. The summed E-state index contributed by atoms with van der Waals surface area (Å²) in [6.45, 7) is 6.36. The van der Waals surface area contributed by atoms with Crippen molar-refractivity contribution in [1.29, 1.82) is 0 Å². The van der Waals surface area contributed by atoms with Crippen molar-refractivity contribution in [2.45, 2.75) is 26.2 Å². The third-order valence-corrected chi connectivity index (χ3v) is 2.40. The monoisotopic (exact) mass is 220 g/mol. The SMILES string of the molecule is Cn1nc(C(C)(C)C)cc1-c1nnc(N)[nH]1. The minimum Gasteiger partial charge on any atom is -0.368 e. The van der Waals surface area contributed by atoms with Gasteiger partial charge in [0.2, 0.25) is 5.95 Å². The van der Waals surface area contributed by atoms with Gasteiger partial charge in [0.25, 0.3) is 0 Å². The molecule has 0 saturated carbocycles. The molecule has 0 radical (unpaired) electrons. The van der Waals surface area contributed by atoms with Crippen LogP contribution in [0.25, 0.3) is 11.5 Å². The Morgan fingerprint density at radius 1 is 1.31 bits per heavy atom. The van der Waals surface area contributed by atoms with Crippen LogP contribution in [0, 0.1) is 0 Å². The number of anilines is 1. The first-order valence-electron chi connectivity index (χ1n) is 5.11. The van der Waals surface area contributed by atoms with E-state index in [4.69, 9.17) is 5.73 Å². The molecule has 6 heteroatoms. The smallest absolute Gasteiger partial charge is 0.219 e. The number of rotatable bonds is 1. The van der Waals surface area contributed by atoms with E-state index < -0.39 is 0 Å². The molecule has 0 bridgehead atoms. The summed E-state index contributed by atoms with van der Waals surface area (Å²) in [5.41, 5.74) is 7.41. The van der Waals surface area contributed by atoms with Crippen LogP contribution in [0.1, 0.15) is 26.5 Å². The van der Waals surface area contributed by atoms with Crippen molar-refractivity contribution in [3.8, 4) is 11.5 Å². The summed E-state index contributed by atoms with van der Waals surface area (Å²) in [5, 5.41) is 12.1. The average molecular weight is 220 g/mol. The van der Waals surface area contributed by atoms with E-state index in [9.17, 15) is 0 Å². The Morgan fingerprint density at radius 2 is 2.00 bits per heavy atom. The molecule has 6 nitrogen and oxygen atoms in total. The van der Waals surface area contributed by atoms with Crippen LogP contribution >= 0.6 is 0 Å². The lowest BCUT2D eigenvalue weighted by atomic mass is 9.92. The minimum absolute atomic E-state index is 0.0155. The lowest BCUT2D eigenvalue weighted by Gasteiger charge is -2.13. The van der Waals surface area contributed by atoms with E-state index in [0.29, 0.717) is 11.8 Å². The molecule has 2 aromatic heterocycles. The van der Waals surface area contributed by atoms with E-state index in [-0.39, 0.29) is 5.41 Å². The van der Waals surface area contributed by atoms with Gasteiger partial charge in [-0.05, 0) is 6.07 Å². The first kappa shape index (κ1) is 10.7. The molecule has 0 saturated heterocycles. The van der Waals surface area contributed by atoms with Gasteiger partial charge in [0.1, 0.15) is 5.69 Å². The van der Waals surface area contributed by atoms with Crippen molar-refractivity contribution < 1.29 is 0 Å². The standard InChI is InChI=1S/C10H16N6/c1-10(2,3)7-5-6(16(4)15-7)8-12-9(11)14-13-8/h5H,1-4H3,(H3,11,12,13,14). The van der Waals surface area contributed by atoms with Gasteiger partial charge in [-0.1, -0.05) is 20.8 Å². The Hall–Kier alpha value is -1.85. The maximum absolute atomic E-state index is 5.50. The van der Waals surface area contributed by atoms with Crippen LogP contribution in [-0.4, -0.2) is 25.0 Å². The first-order chi connectivity index (χ1) is 7.38. The number of nitrogens with two attached hydrogens (primary N) is 1. The van der Waals surface area contributed by atoms with Crippen molar-refractivity contribution in [2.24, 2.45) is 7.05 Å². The van der Waals surface area contributed by atoms with Gasteiger partial charge < -0.3 is 10.7 Å². The summed E-state index contributed by atoms with van der Waals surface area (Å²) < 4.78 is 1.78. The number of hydrogen-bond acceptors (Lipinski definition) is 4. The molecule has 3 N–H and O–H groups in total. The Balaban J connectivity index is 2.47. The summed E-state index contributed by atoms with van der Waals surface area (Å²) in [6, 6.07) is 2.00. The largest absolute Gasteiger partial charge is 0.368 e. The number of aromatic amines is 1. The summed E-state index contributed by atoms with van der Waals surface area (Å²) >= 11 is 0. The molecule has 0 fully saturated rings. The second-order valence-corrected chi connectivity index (χ2v) is 4.85. The molecule has 2 rings (SSSR count). The quantitative estimate of drug-likeness (QED) is 0.753. The molecule has 0 aliphatic rings. The Kier molecular flexibility index (Phi) is 2.22. The van der Waals surface area contributed by atoms with Gasteiger partial charge in [-0.3, -0.25) is 4.68 Å². The highest BCUT2D eigenvalue weighted by Gasteiger charge is 2.20. The number of nitrogens with zero attached hydrogens (tertiary/aromatic N) is 4. The third-order valence-electron chi connectivity index (χ3n) is 2.40. The highest BCUT2D eigenvalue weighted by Crippen LogP contribution is 2.25. The van der Waals surface area contributed by atoms with Crippen LogP contribution in [-0.2, 0) is 12.5 Å². The molecule has 0 amide bonds. The van der Waals surface area contributed by atoms with Crippen LogP contribution in [0.2, 0.25) is 0 Å². The second kappa shape index (κ2) is 3.33. The molecule has 0 aliphatic carbocycles. The molecule has 2 aromatic rings. The molecule has 0 atom stereocenters. The van der Waals surface area contributed by atoms with Gasteiger partial charge >= 0.3 is 0 Å². The normalized spacial score (nSPS) is 12.0. The summed E-state index contributed by atoms with van der Waals surface area (Å²) in [4.78, 5) is 2.89.